The first-order valence-electron chi connectivity index (χ1n) is 9.58. The zero-order valence-electron chi connectivity index (χ0n) is 17.0. The fourth-order valence-corrected chi connectivity index (χ4v) is 3.08. The highest BCUT2D eigenvalue weighted by Crippen LogP contribution is 2.47. The standard InChI is InChI=1S/C23H28N2O3/c1-22(2,3)17-7-9-18(10-8-17)25-21(27)23(13-14-23)20(26)24-15-16-5-11-19(28-4)12-6-16/h5-12H,13-15H2,1-4H3,(H,24,26)(H,25,27). The predicted octanol–water partition coefficient (Wildman–Crippen LogP) is 4.03. The van der Waals surface area contributed by atoms with Gasteiger partial charge in [-0.05, 0) is 53.6 Å². The summed E-state index contributed by atoms with van der Waals surface area (Å²) in [4.78, 5) is 25.4. The average molecular weight is 380 g/mol. The molecule has 0 heterocycles. The smallest absolute Gasteiger partial charge is 0.240 e. The minimum Gasteiger partial charge on any atom is -0.497 e. The van der Waals surface area contributed by atoms with Crippen molar-refractivity contribution in [3.63, 3.8) is 0 Å². The number of hydrogen-bond donors (Lipinski definition) is 2. The van der Waals surface area contributed by atoms with Crippen LogP contribution in [-0.4, -0.2) is 18.9 Å². The molecule has 0 unspecified atom stereocenters. The number of rotatable bonds is 6. The third-order valence-corrected chi connectivity index (χ3v) is 5.24. The van der Waals surface area contributed by atoms with Crippen LogP contribution in [0.1, 0.15) is 44.7 Å². The van der Waals surface area contributed by atoms with Crippen LogP contribution < -0.4 is 15.4 Å². The maximum Gasteiger partial charge on any atom is 0.240 e. The van der Waals surface area contributed by atoms with Crippen LogP contribution >= 0.6 is 0 Å². The Labute approximate surface area is 166 Å². The van der Waals surface area contributed by atoms with E-state index in [2.05, 4.69) is 31.4 Å². The van der Waals surface area contributed by atoms with Gasteiger partial charge >= 0.3 is 0 Å². The normalized spacial score (nSPS) is 14.9. The van der Waals surface area contributed by atoms with E-state index in [0.717, 1.165) is 11.3 Å². The first-order chi connectivity index (χ1) is 13.2. The summed E-state index contributed by atoms with van der Waals surface area (Å²) in [5.74, 6) is 0.320. The van der Waals surface area contributed by atoms with E-state index in [1.807, 2.05) is 48.5 Å². The van der Waals surface area contributed by atoms with Crippen molar-refractivity contribution in [2.75, 3.05) is 12.4 Å². The van der Waals surface area contributed by atoms with Crippen molar-refractivity contribution < 1.29 is 14.3 Å². The third-order valence-electron chi connectivity index (χ3n) is 5.24. The van der Waals surface area contributed by atoms with Crippen molar-refractivity contribution in [1.29, 1.82) is 0 Å². The molecule has 28 heavy (non-hydrogen) atoms. The van der Waals surface area contributed by atoms with Crippen molar-refractivity contribution in [3.05, 3.63) is 59.7 Å². The molecule has 5 nitrogen and oxygen atoms in total. The highest BCUT2D eigenvalue weighted by atomic mass is 16.5. The van der Waals surface area contributed by atoms with Crippen LogP contribution in [0.3, 0.4) is 0 Å². The van der Waals surface area contributed by atoms with E-state index < -0.39 is 5.41 Å². The highest BCUT2D eigenvalue weighted by molar-refractivity contribution is 6.13. The van der Waals surface area contributed by atoms with Crippen LogP contribution in [-0.2, 0) is 21.5 Å². The molecular weight excluding hydrogens is 352 g/mol. The molecule has 1 aliphatic rings. The summed E-state index contributed by atoms with van der Waals surface area (Å²) in [5, 5.41) is 5.80. The van der Waals surface area contributed by atoms with Gasteiger partial charge in [0.15, 0.2) is 0 Å². The number of amides is 2. The average Bonchev–Trinajstić information content (AvgIpc) is 3.48. The minimum atomic E-state index is -0.949. The van der Waals surface area contributed by atoms with Gasteiger partial charge in [0.05, 0.1) is 7.11 Å². The van der Waals surface area contributed by atoms with Crippen LogP contribution in [0.5, 0.6) is 5.75 Å². The number of nitrogens with one attached hydrogen (secondary N) is 2. The number of hydrogen-bond acceptors (Lipinski definition) is 3. The number of anilines is 1. The topological polar surface area (TPSA) is 67.4 Å². The molecule has 0 radical (unpaired) electrons. The van der Waals surface area contributed by atoms with Gasteiger partial charge in [-0.3, -0.25) is 9.59 Å². The van der Waals surface area contributed by atoms with Crippen LogP contribution in [0.15, 0.2) is 48.5 Å². The summed E-state index contributed by atoms with van der Waals surface area (Å²) in [6, 6.07) is 15.3. The van der Waals surface area contributed by atoms with Gasteiger partial charge < -0.3 is 15.4 Å². The Morgan fingerprint density at radius 2 is 1.57 bits per heavy atom. The van der Waals surface area contributed by atoms with Crippen LogP contribution in [0.2, 0.25) is 0 Å². The largest absolute Gasteiger partial charge is 0.497 e. The van der Waals surface area contributed by atoms with E-state index in [4.69, 9.17) is 4.74 Å². The van der Waals surface area contributed by atoms with Crippen molar-refractivity contribution in [2.45, 2.75) is 45.6 Å². The van der Waals surface area contributed by atoms with E-state index in [1.54, 1.807) is 7.11 Å². The Balaban J connectivity index is 1.58. The van der Waals surface area contributed by atoms with Gasteiger partial charge in [0, 0.05) is 12.2 Å². The van der Waals surface area contributed by atoms with Crippen molar-refractivity contribution in [2.24, 2.45) is 5.41 Å². The lowest BCUT2D eigenvalue weighted by molar-refractivity contribution is -0.134. The Morgan fingerprint density at radius 3 is 2.07 bits per heavy atom. The molecule has 1 aliphatic carbocycles. The minimum absolute atomic E-state index is 0.0571. The molecule has 0 aliphatic heterocycles. The van der Waals surface area contributed by atoms with Crippen LogP contribution in [0, 0.1) is 5.41 Å². The third kappa shape index (κ3) is 4.35. The van der Waals surface area contributed by atoms with Gasteiger partial charge in [-0.25, -0.2) is 0 Å². The predicted molar refractivity (Wildman–Crippen MR) is 110 cm³/mol. The maximum absolute atomic E-state index is 12.7. The molecular formula is C23H28N2O3. The lowest BCUT2D eigenvalue weighted by atomic mass is 9.87. The number of benzene rings is 2. The van der Waals surface area contributed by atoms with Crippen molar-refractivity contribution in [1.82, 2.24) is 5.32 Å². The van der Waals surface area contributed by atoms with Crippen LogP contribution in [0.25, 0.3) is 0 Å². The van der Waals surface area contributed by atoms with E-state index in [-0.39, 0.29) is 17.2 Å². The van der Waals surface area contributed by atoms with Gasteiger partial charge in [-0.1, -0.05) is 45.0 Å². The molecule has 148 valence electrons. The molecule has 1 saturated carbocycles. The first-order valence-corrected chi connectivity index (χ1v) is 9.58. The fraction of sp³-hybridized carbons (Fsp3) is 0.391. The second kappa shape index (κ2) is 7.66. The van der Waals surface area contributed by atoms with Gasteiger partial charge in [0.2, 0.25) is 11.8 Å². The molecule has 0 atom stereocenters. The Bertz CT molecular complexity index is 845. The second-order valence-electron chi connectivity index (χ2n) is 8.39. The van der Waals surface area contributed by atoms with Crippen molar-refractivity contribution in [3.8, 4) is 5.75 Å². The summed E-state index contributed by atoms with van der Waals surface area (Å²) in [6.07, 6.45) is 1.15. The molecule has 1 fully saturated rings. The molecule has 5 heteroatoms. The number of carbonyl (C=O) groups is 2. The summed E-state index contributed by atoms with van der Waals surface area (Å²) in [5.41, 5.74) is 1.98. The lowest BCUT2D eigenvalue weighted by Crippen LogP contribution is -2.39. The molecule has 0 spiro atoms. The van der Waals surface area contributed by atoms with E-state index >= 15 is 0 Å². The molecule has 0 saturated heterocycles. The number of carbonyl (C=O) groups excluding carboxylic acids is 2. The molecule has 2 N–H and O–H groups in total. The first kappa shape index (κ1) is 19.9. The summed E-state index contributed by atoms with van der Waals surface area (Å²) in [6.45, 7) is 6.82. The Kier molecular flexibility index (Phi) is 5.45. The van der Waals surface area contributed by atoms with E-state index in [9.17, 15) is 9.59 Å². The fourth-order valence-electron chi connectivity index (χ4n) is 3.08. The Hall–Kier alpha value is -2.82. The van der Waals surface area contributed by atoms with Gasteiger partial charge in [0.1, 0.15) is 11.2 Å². The van der Waals surface area contributed by atoms with Gasteiger partial charge in [0.25, 0.3) is 0 Å². The highest BCUT2D eigenvalue weighted by Gasteiger charge is 2.56. The zero-order valence-corrected chi connectivity index (χ0v) is 17.0. The summed E-state index contributed by atoms with van der Waals surface area (Å²) in [7, 11) is 1.61. The van der Waals surface area contributed by atoms with Crippen LogP contribution in [0.4, 0.5) is 5.69 Å². The summed E-state index contributed by atoms with van der Waals surface area (Å²) < 4.78 is 5.13. The molecule has 2 amide bonds. The van der Waals surface area contributed by atoms with E-state index in [1.165, 1.54) is 5.56 Å². The molecule has 2 aromatic carbocycles. The SMILES string of the molecule is COc1ccc(CNC(=O)C2(C(=O)Nc3ccc(C(C)(C)C)cc3)CC2)cc1. The quantitative estimate of drug-likeness (QED) is 0.744. The second-order valence-corrected chi connectivity index (χ2v) is 8.39. The van der Waals surface area contributed by atoms with Crippen molar-refractivity contribution >= 4 is 17.5 Å². The molecule has 2 aromatic rings. The van der Waals surface area contributed by atoms with Gasteiger partial charge in [-0.15, -0.1) is 0 Å². The zero-order chi connectivity index (χ0) is 20.4. The molecule has 0 aromatic heterocycles. The number of methoxy groups -OCH3 is 1. The molecule has 3 rings (SSSR count). The number of ether oxygens (including phenoxy) is 1. The lowest BCUT2D eigenvalue weighted by Gasteiger charge is -2.20. The van der Waals surface area contributed by atoms with E-state index in [0.29, 0.717) is 25.1 Å². The Morgan fingerprint density at radius 1 is 0.964 bits per heavy atom. The monoisotopic (exact) mass is 380 g/mol. The maximum atomic E-state index is 12.7. The summed E-state index contributed by atoms with van der Waals surface area (Å²) >= 11 is 0. The van der Waals surface area contributed by atoms with Gasteiger partial charge in [-0.2, -0.15) is 0 Å². The molecule has 0 bridgehead atoms.